The van der Waals surface area contributed by atoms with Gasteiger partial charge >= 0.3 is 0 Å². The lowest BCUT2D eigenvalue weighted by Gasteiger charge is -2.32. The van der Waals surface area contributed by atoms with Crippen LogP contribution >= 0.6 is 15.9 Å². The Morgan fingerprint density at radius 1 is 1.61 bits per heavy atom. The standard InChI is InChI=1S/C12H16BrN3O2/c1-7-10(16(17)18)6-14-12(11(7)13)15-8(2)9-4-3-5-9/h6,8-9H,3-5H2,1-2H3,(H,14,15). The van der Waals surface area contributed by atoms with Crippen molar-refractivity contribution in [2.75, 3.05) is 5.32 Å². The average molecular weight is 314 g/mol. The van der Waals surface area contributed by atoms with Crippen LogP contribution in [0.25, 0.3) is 0 Å². The summed E-state index contributed by atoms with van der Waals surface area (Å²) >= 11 is 3.39. The third-order valence-electron chi connectivity index (χ3n) is 3.66. The minimum Gasteiger partial charge on any atom is -0.366 e. The lowest BCUT2D eigenvalue weighted by molar-refractivity contribution is -0.385. The van der Waals surface area contributed by atoms with Crippen LogP contribution in [0.15, 0.2) is 10.7 Å². The van der Waals surface area contributed by atoms with Crippen molar-refractivity contribution in [1.29, 1.82) is 0 Å². The monoisotopic (exact) mass is 313 g/mol. The Bertz CT molecular complexity index is 475. The molecular weight excluding hydrogens is 298 g/mol. The molecule has 1 N–H and O–H groups in total. The van der Waals surface area contributed by atoms with Gasteiger partial charge in [-0.15, -0.1) is 0 Å². The zero-order valence-corrected chi connectivity index (χ0v) is 12.0. The van der Waals surface area contributed by atoms with Crippen molar-refractivity contribution in [3.8, 4) is 0 Å². The lowest BCUT2D eigenvalue weighted by atomic mass is 9.80. The molecule has 18 heavy (non-hydrogen) atoms. The summed E-state index contributed by atoms with van der Waals surface area (Å²) < 4.78 is 0.683. The number of nitrogens with zero attached hydrogens (tertiary/aromatic N) is 2. The van der Waals surface area contributed by atoms with Crippen molar-refractivity contribution in [2.24, 2.45) is 5.92 Å². The summed E-state index contributed by atoms with van der Waals surface area (Å²) in [6.45, 7) is 3.86. The molecule has 1 fully saturated rings. The zero-order chi connectivity index (χ0) is 13.3. The van der Waals surface area contributed by atoms with Crippen molar-refractivity contribution in [3.63, 3.8) is 0 Å². The van der Waals surface area contributed by atoms with E-state index < -0.39 is 4.92 Å². The van der Waals surface area contributed by atoms with Crippen LogP contribution in [-0.4, -0.2) is 15.9 Å². The molecule has 1 aliphatic carbocycles. The van der Waals surface area contributed by atoms with Crippen molar-refractivity contribution in [1.82, 2.24) is 4.98 Å². The number of hydrogen-bond acceptors (Lipinski definition) is 4. The molecular formula is C12H16BrN3O2. The molecule has 2 rings (SSSR count). The number of hydrogen-bond donors (Lipinski definition) is 1. The molecule has 1 atom stereocenters. The molecule has 0 saturated heterocycles. The van der Waals surface area contributed by atoms with Gasteiger partial charge in [0.15, 0.2) is 0 Å². The number of rotatable bonds is 4. The van der Waals surface area contributed by atoms with E-state index in [0.717, 1.165) is 0 Å². The van der Waals surface area contributed by atoms with Crippen molar-refractivity contribution >= 4 is 27.4 Å². The van der Waals surface area contributed by atoms with E-state index in [2.05, 4.69) is 33.2 Å². The maximum absolute atomic E-state index is 10.8. The van der Waals surface area contributed by atoms with Crippen LogP contribution in [0.3, 0.4) is 0 Å². The number of anilines is 1. The zero-order valence-electron chi connectivity index (χ0n) is 10.4. The van der Waals surface area contributed by atoms with Crippen LogP contribution < -0.4 is 5.32 Å². The van der Waals surface area contributed by atoms with E-state index >= 15 is 0 Å². The molecule has 1 aromatic heterocycles. The molecule has 1 aromatic rings. The highest BCUT2D eigenvalue weighted by molar-refractivity contribution is 9.10. The Morgan fingerprint density at radius 2 is 2.28 bits per heavy atom. The maximum atomic E-state index is 10.8. The molecule has 1 unspecified atom stereocenters. The molecule has 6 heteroatoms. The van der Waals surface area contributed by atoms with Gasteiger partial charge in [0.05, 0.1) is 9.40 Å². The molecule has 0 radical (unpaired) electrons. The van der Waals surface area contributed by atoms with Crippen molar-refractivity contribution < 1.29 is 4.92 Å². The summed E-state index contributed by atoms with van der Waals surface area (Å²) in [5.74, 6) is 1.38. The molecule has 0 spiro atoms. The predicted octanol–water partition coefficient (Wildman–Crippen LogP) is 3.66. The molecule has 1 saturated carbocycles. The van der Waals surface area contributed by atoms with Gasteiger partial charge in [-0.05, 0) is 48.5 Å². The van der Waals surface area contributed by atoms with Crippen LogP contribution in [0.4, 0.5) is 11.5 Å². The van der Waals surface area contributed by atoms with Crippen molar-refractivity contribution in [2.45, 2.75) is 39.2 Å². The second-order valence-corrected chi connectivity index (χ2v) is 5.61. The van der Waals surface area contributed by atoms with Crippen LogP contribution in [0.2, 0.25) is 0 Å². The quantitative estimate of drug-likeness (QED) is 0.680. The normalized spacial score (nSPS) is 17.1. The highest BCUT2D eigenvalue weighted by Crippen LogP contribution is 2.34. The lowest BCUT2D eigenvalue weighted by Crippen LogP contribution is -2.31. The Kier molecular flexibility index (Phi) is 3.85. The van der Waals surface area contributed by atoms with Gasteiger partial charge in [0.2, 0.25) is 0 Å². The molecule has 98 valence electrons. The van der Waals surface area contributed by atoms with Gasteiger partial charge in [-0.2, -0.15) is 0 Å². The average Bonchev–Trinajstić information content (AvgIpc) is 2.22. The first kappa shape index (κ1) is 13.3. The van der Waals surface area contributed by atoms with Crippen LogP contribution in [0, 0.1) is 23.0 Å². The summed E-state index contributed by atoms with van der Waals surface area (Å²) in [7, 11) is 0. The molecule has 0 amide bonds. The Labute approximate surface area is 114 Å². The Hall–Kier alpha value is -1.17. The van der Waals surface area contributed by atoms with E-state index in [1.807, 2.05) is 0 Å². The second kappa shape index (κ2) is 5.22. The number of aromatic nitrogens is 1. The number of halogens is 1. The Balaban J connectivity index is 2.18. The molecule has 0 aliphatic heterocycles. The van der Waals surface area contributed by atoms with Gasteiger partial charge < -0.3 is 5.32 Å². The Morgan fingerprint density at radius 3 is 2.78 bits per heavy atom. The first-order chi connectivity index (χ1) is 8.50. The third kappa shape index (κ3) is 2.48. The molecule has 0 bridgehead atoms. The SMILES string of the molecule is Cc1c([N+](=O)[O-])cnc(NC(C)C2CCC2)c1Br. The van der Waals surface area contributed by atoms with E-state index in [1.54, 1.807) is 6.92 Å². The molecule has 1 heterocycles. The maximum Gasteiger partial charge on any atom is 0.291 e. The van der Waals surface area contributed by atoms with E-state index in [-0.39, 0.29) is 5.69 Å². The van der Waals surface area contributed by atoms with Gasteiger partial charge in [0, 0.05) is 11.6 Å². The van der Waals surface area contributed by atoms with Crippen molar-refractivity contribution in [3.05, 3.63) is 26.3 Å². The summed E-state index contributed by atoms with van der Waals surface area (Å²) in [6, 6.07) is 0.350. The number of pyridine rings is 1. The fraction of sp³-hybridized carbons (Fsp3) is 0.583. The highest BCUT2D eigenvalue weighted by atomic mass is 79.9. The fourth-order valence-corrected chi connectivity index (χ4v) is 2.55. The first-order valence-electron chi connectivity index (χ1n) is 6.06. The summed E-state index contributed by atoms with van der Waals surface area (Å²) in [4.78, 5) is 14.5. The van der Waals surface area contributed by atoms with Crippen LogP contribution in [-0.2, 0) is 0 Å². The van der Waals surface area contributed by atoms with E-state index in [1.165, 1.54) is 25.5 Å². The molecule has 0 aromatic carbocycles. The molecule has 1 aliphatic rings. The second-order valence-electron chi connectivity index (χ2n) is 4.81. The minimum absolute atomic E-state index is 0.0451. The minimum atomic E-state index is -0.410. The van der Waals surface area contributed by atoms with Gasteiger partial charge in [0.1, 0.15) is 12.0 Å². The van der Waals surface area contributed by atoms with E-state index in [9.17, 15) is 10.1 Å². The summed E-state index contributed by atoms with van der Waals surface area (Å²) in [5.41, 5.74) is 0.655. The first-order valence-corrected chi connectivity index (χ1v) is 6.86. The van der Waals surface area contributed by atoms with Crippen LogP contribution in [0.5, 0.6) is 0 Å². The summed E-state index contributed by atoms with van der Waals surface area (Å²) in [5, 5.41) is 14.1. The third-order valence-corrected chi connectivity index (χ3v) is 4.63. The summed E-state index contributed by atoms with van der Waals surface area (Å²) in [6.07, 6.45) is 5.11. The van der Waals surface area contributed by atoms with E-state index in [4.69, 9.17) is 0 Å². The van der Waals surface area contributed by atoms with Gasteiger partial charge in [-0.3, -0.25) is 10.1 Å². The smallest absolute Gasteiger partial charge is 0.291 e. The van der Waals surface area contributed by atoms with Gasteiger partial charge in [0.25, 0.3) is 5.69 Å². The number of nitrogens with one attached hydrogen (secondary N) is 1. The molecule has 5 nitrogen and oxygen atoms in total. The van der Waals surface area contributed by atoms with Crippen LogP contribution in [0.1, 0.15) is 31.7 Å². The largest absolute Gasteiger partial charge is 0.366 e. The predicted molar refractivity (Wildman–Crippen MR) is 73.8 cm³/mol. The fourth-order valence-electron chi connectivity index (χ4n) is 2.13. The highest BCUT2D eigenvalue weighted by Gasteiger charge is 2.25. The van der Waals surface area contributed by atoms with E-state index in [0.29, 0.717) is 27.8 Å². The topological polar surface area (TPSA) is 68.1 Å². The number of nitro groups is 1. The van der Waals surface area contributed by atoms with Gasteiger partial charge in [-0.25, -0.2) is 4.98 Å². The van der Waals surface area contributed by atoms with Gasteiger partial charge in [-0.1, -0.05) is 6.42 Å².